The van der Waals surface area contributed by atoms with Crippen LogP contribution in [0.4, 0.5) is 4.39 Å². The first kappa shape index (κ1) is 16.8. The molecule has 126 valence electrons. The van der Waals surface area contributed by atoms with Gasteiger partial charge >= 0.3 is 5.97 Å². The minimum Gasteiger partial charge on any atom is -0.464 e. The fourth-order valence-electron chi connectivity index (χ4n) is 1.86. The maximum absolute atomic E-state index is 13.1. The molecule has 0 atom stereocenters. The van der Waals surface area contributed by atoms with E-state index in [1.54, 1.807) is 18.5 Å². The third-order valence-corrected chi connectivity index (χ3v) is 3.90. The van der Waals surface area contributed by atoms with Crippen molar-refractivity contribution in [1.29, 1.82) is 0 Å². The van der Waals surface area contributed by atoms with Crippen LogP contribution in [0, 0.1) is 5.82 Å². The number of hydrogen-bond acceptors (Lipinski definition) is 7. The SMILES string of the molecule is O=C(Oc1coc(CSc2ncccn2)cc1=O)c1cccc(F)c1. The van der Waals surface area contributed by atoms with Crippen molar-refractivity contribution in [3.05, 3.63) is 82.4 Å². The lowest BCUT2D eigenvalue weighted by molar-refractivity contribution is 0.0728. The third kappa shape index (κ3) is 4.51. The lowest BCUT2D eigenvalue weighted by atomic mass is 10.2. The van der Waals surface area contributed by atoms with Gasteiger partial charge in [-0.25, -0.2) is 19.2 Å². The Balaban J connectivity index is 1.67. The number of hydrogen-bond donors (Lipinski definition) is 0. The quantitative estimate of drug-likeness (QED) is 0.394. The van der Waals surface area contributed by atoms with Crippen molar-refractivity contribution < 1.29 is 18.3 Å². The van der Waals surface area contributed by atoms with Gasteiger partial charge in [0.1, 0.15) is 17.8 Å². The minimum absolute atomic E-state index is 0.000239. The van der Waals surface area contributed by atoms with E-state index in [9.17, 15) is 14.0 Å². The number of rotatable bonds is 5. The molecule has 0 aliphatic heterocycles. The number of carbonyl (C=O) groups is 1. The molecule has 0 saturated heterocycles. The highest BCUT2D eigenvalue weighted by Crippen LogP contribution is 2.19. The Hall–Kier alpha value is -3.00. The zero-order valence-electron chi connectivity index (χ0n) is 12.7. The van der Waals surface area contributed by atoms with E-state index in [-0.39, 0.29) is 11.3 Å². The summed E-state index contributed by atoms with van der Waals surface area (Å²) < 4.78 is 23.4. The molecule has 2 aromatic heterocycles. The Morgan fingerprint density at radius 1 is 1.20 bits per heavy atom. The van der Waals surface area contributed by atoms with Crippen molar-refractivity contribution in [1.82, 2.24) is 9.97 Å². The normalized spacial score (nSPS) is 10.4. The Labute approximate surface area is 145 Å². The van der Waals surface area contributed by atoms with Crippen molar-refractivity contribution >= 4 is 17.7 Å². The lowest BCUT2D eigenvalue weighted by Crippen LogP contribution is -2.14. The summed E-state index contributed by atoms with van der Waals surface area (Å²) in [5.74, 6) is -0.951. The van der Waals surface area contributed by atoms with E-state index in [1.807, 2.05) is 0 Å². The van der Waals surface area contributed by atoms with Crippen LogP contribution in [0.3, 0.4) is 0 Å². The summed E-state index contributed by atoms with van der Waals surface area (Å²) in [7, 11) is 0. The number of aromatic nitrogens is 2. The highest BCUT2D eigenvalue weighted by atomic mass is 32.2. The molecule has 0 unspecified atom stereocenters. The second-order valence-corrected chi connectivity index (χ2v) is 5.74. The molecule has 6 nitrogen and oxygen atoms in total. The van der Waals surface area contributed by atoms with Crippen LogP contribution in [-0.2, 0) is 5.75 Å². The number of esters is 1. The average molecular weight is 358 g/mol. The fraction of sp³-hybridized carbons (Fsp3) is 0.0588. The molecule has 8 heteroatoms. The summed E-state index contributed by atoms with van der Waals surface area (Å²) in [6.07, 6.45) is 4.28. The third-order valence-electron chi connectivity index (χ3n) is 3.00. The number of carbonyl (C=O) groups excluding carboxylic acids is 1. The second kappa shape index (κ2) is 7.71. The van der Waals surface area contributed by atoms with Crippen LogP contribution in [0.25, 0.3) is 0 Å². The lowest BCUT2D eigenvalue weighted by Gasteiger charge is -2.04. The fourth-order valence-corrected chi connectivity index (χ4v) is 2.55. The maximum Gasteiger partial charge on any atom is 0.343 e. The van der Waals surface area contributed by atoms with Gasteiger partial charge in [0, 0.05) is 18.5 Å². The van der Waals surface area contributed by atoms with E-state index >= 15 is 0 Å². The van der Waals surface area contributed by atoms with Gasteiger partial charge in [-0.2, -0.15) is 0 Å². The first-order chi connectivity index (χ1) is 12.1. The Morgan fingerprint density at radius 2 is 2.00 bits per heavy atom. The first-order valence-electron chi connectivity index (χ1n) is 7.11. The van der Waals surface area contributed by atoms with Gasteiger partial charge in [-0.3, -0.25) is 4.79 Å². The molecule has 1 aromatic carbocycles. The zero-order chi connectivity index (χ0) is 17.6. The molecule has 0 radical (unpaired) electrons. The number of ether oxygens (including phenoxy) is 1. The van der Waals surface area contributed by atoms with Gasteiger partial charge in [0.25, 0.3) is 0 Å². The van der Waals surface area contributed by atoms with Gasteiger partial charge in [0.15, 0.2) is 5.16 Å². The summed E-state index contributed by atoms with van der Waals surface area (Å²) >= 11 is 1.30. The molecule has 25 heavy (non-hydrogen) atoms. The number of benzene rings is 1. The zero-order valence-corrected chi connectivity index (χ0v) is 13.5. The van der Waals surface area contributed by atoms with E-state index in [0.717, 1.165) is 12.3 Å². The second-order valence-electron chi connectivity index (χ2n) is 4.79. The van der Waals surface area contributed by atoms with Crippen LogP contribution in [0.2, 0.25) is 0 Å². The van der Waals surface area contributed by atoms with Crippen LogP contribution >= 0.6 is 11.8 Å². The van der Waals surface area contributed by atoms with Crippen molar-refractivity contribution in [3.63, 3.8) is 0 Å². The monoisotopic (exact) mass is 358 g/mol. The van der Waals surface area contributed by atoms with Gasteiger partial charge in [0.2, 0.25) is 11.2 Å². The molecular weight excluding hydrogens is 347 g/mol. The standard InChI is InChI=1S/C17H11FN2O4S/c18-12-4-1-3-11(7-12)16(22)24-15-9-23-13(8-14(15)21)10-25-17-19-5-2-6-20-17/h1-9H,10H2. The smallest absolute Gasteiger partial charge is 0.343 e. The largest absolute Gasteiger partial charge is 0.464 e. The molecule has 0 spiro atoms. The van der Waals surface area contributed by atoms with Crippen LogP contribution in [0.1, 0.15) is 16.1 Å². The minimum atomic E-state index is -0.841. The number of thioether (sulfide) groups is 1. The van der Waals surface area contributed by atoms with Crippen molar-refractivity contribution in [2.24, 2.45) is 0 Å². The van der Waals surface area contributed by atoms with Crippen molar-refractivity contribution in [2.45, 2.75) is 10.9 Å². The Morgan fingerprint density at radius 3 is 2.72 bits per heavy atom. The van der Waals surface area contributed by atoms with Crippen LogP contribution < -0.4 is 10.2 Å². The predicted octanol–water partition coefficient (Wildman–Crippen LogP) is 3.08. The molecule has 2 heterocycles. The van der Waals surface area contributed by atoms with Crippen molar-refractivity contribution in [3.8, 4) is 5.75 Å². The van der Waals surface area contributed by atoms with Crippen LogP contribution in [-0.4, -0.2) is 15.9 Å². The van der Waals surface area contributed by atoms with Crippen molar-refractivity contribution in [2.75, 3.05) is 0 Å². The van der Waals surface area contributed by atoms with Gasteiger partial charge < -0.3 is 9.15 Å². The van der Waals surface area contributed by atoms with Gasteiger partial charge in [0.05, 0.1) is 11.3 Å². The summed E-state index contributed by atoms with van der Waals surface area (Å²) in [6, 6.07) is 7.91. The molecule has 0 aliphatic rings. The molecule has 0 aliphatic carbocycles. The number of halogens is 1. The Bertz CT molecular complexity index is 947. The van der Waals surface area contributed by atoms with Gasteiger partial charge in [-0.15, -0.1) is 0 Å². The molecule has 3 rings (SSSR count). The summed E-state index contributed by atoms with van der Waals surface area (Å²) in [4.78, 5) is 32.0. The summed E-state index contributed by atoms with van der Waals surface area (Å²) in [5, 5.41) is 0.548. The molecule has 0 amide bonds. The van der Waals surface area contributed by atoms with Gasteiger partial charge in [-0.1, -0.05) is 17.8 Å². The number of nitrogens with zero attached hydrogens (tertiary/aromatic N) is 2. The molecular formula is C17H11FN2O4S. The highest BCUT2D eigenvalue weighted by Gasteiger charge is 2.13. The highest BCUT2D eigenvalue weighted by molar-refractivity contribution is 7.98. The Kier molecular flexibility index (Phi) is 5.20. The first-order valence-corrected chi connectivity index (χ1v) is 8.09. The molecule has 0 bridgehead atoms. The van der Waals surface area contributed by atoms with E-state index in [2.05, 4.69) is 9.97 Å². The summed E-state index contributed by atoms with van der Waals surface area (Å²) in [5.41, 5.74) is -0.513. The maximum atomic E-state index is 13.1. The average Bonchev–Trinajstić information content (AvgIpc) is 2.63. The summed E-state index contributed by atoms with van der Waals surface area (Å²) in [6.45, 7) is 0. The van der Waals surface area contributed by atoms with Crippen LogP contribution in [0.5, 0.6) is 5.75 Å². The topological polar surface area (TPSA) is 82.3 Å². The molecule has 0 saturated carbocycles. The van der Waals surface area contributed by atoms with E-state index in [0.29, 0.717) is 16.7 Å². The van der Waals surface area contributed by atoms with Gasteiger partial charge in [-0.05, 0) is 24.3 Å². The van der Waals surface area contributed by atoms with E-state index in [1.165, 1.54) is 36.0 Å². The predicted molar refractivity (Wildman–Crippen MR) is 87.9 cm³/mol. The van der Waals surface area contributed by atoms with E-state index < -0.39 is 17.2 Å². The van der Waals surface area contributed by atoms with E-state index in [4.69, 9.17) is 9.15 Å². The molecule has 0 fully saturated rings. The van der Waals surface area contributed by atoms with Crippen LogP contribution in [0.15, 0.2) is 69.4 Å². The molecule has 3 aromatic rings. The molecule has 0 N–H and O–H groups in total.